The van der Waals surface area contributed by atoms with Crippen molar-refractivity contribution in [2.75, 3.05) is 13.1 Å². The molecule has 1 aromatic carbocycles. The fourth-order valence-electron chi connectivity index (χ4n) is 4.14. The minimum atomic E-state index is -3.74. The molecule has 0 bridgehead atoms. The number of aryl methyl sites for hydroxylation is 1. The lowest BCUT2D eigenvalue weighted by Gasteiger charge is -2.41. The Kier molecular flexibility index (Phi) is 5.66. The molecule has 0 aromatic heterocycles. The Labute approximate surface area is 162 Å². The van der Waals surface area contributed by atoms with Crippen LogP contribution in [0.3, 0.4) is 0 Å². The van der Waals surface area contributed by atoms with E-state index in [-0.39, 0.29) is 22.0 Å². The predicted octanol–water partition coefficient (Wildman–Crippen LogP) is 2.80. The maximum Gasteiger partial charge on any atom is 0.335 e. The normalized spacial score (nSPS) is 19.7. The largest absolute Gasteiger partial charge is 0.478 e. The molecular formula is C20H30N2O4S. The van der Waals surface area contributed by atoms with Gasteiger partial charge in [0.05, 0.1) is 10.5 Å². The van der Waals surface area contributed by atoms with Crippen molar-refractivity contribution in [3.63, 3.8) is 0 Å². The molecule has 27 heavy (non-hydrogen) atoms. The molecule has 0 spiro atoms. The summed E-state index contributed by atoms with van der Waals surface area (Å²) in [6.07, 6.45) is 4.85. The molecule has 1 aliphatic heterocycles. The first-order valence-corrected chi connectivity index (χ1v) is 11.2. The average Bonchev–Trinajstić information content (AvgIpc) is 2.60. The van der Waals surface area contributed by atoms with Gasteiger partial charge >= 0.3 is 5.97 Å². The van der Waals surface area contributed by atoms with E-state index in [1.54, 1.807) is 6.07 Å². The van der Waals surface area contributed by atoms with E-state index in [0.717, 1.165) is 56.3 Å². The summed E-state index contributed by atoms with van der Waals surface area (Å²) in [4.78, 5) is 14.0. The fourth-order valence-corrected chi connectivity index (χ4v) is 5.78. The van der Waals surface area contributed by atoms with Gasteiger partial charge < -0.3 is 5.11 Å². The standard InChI is InChI=1S/C20H30N2O4S/c1-20(2,3)22-10-8-16(9-11-22)21-27(25,26)18-13-15(19(23)24)12-14-6-4-5-7-17(14)18/h12-13,16,21H,4-11H2,1-3H3,(H,23,24). The molecule has 6 nitrogen and oxygen atoms in total. The van der Waals surface area contributed by atoms with Crippen LogP contribution in [0.1, 0.15) is 67.9 Å². The number of piperidine rings is 1. The van der Waals surface area contributed by atoms with Gasteiger partial charge in [0.1, 0.15) is 0 Å². The number of carbonyl (C=O) groups is 1. The van der Waals surface area contributed by atoms with Crippen LogP contribution < -0.4 is 4.72 Å². The molecule has 1 aromatic rings. The molecule has 1 fully saturated rings. The predicted molar refractivity (Wildman–Crippen MR) is 105 cm³/mol. The van der Waals surface area contributed by atoms with E-state index in [0.29, 0.717) is 6.42 Å². The Balaban J connectivity index is 1.83. The van der Waals surface area contributed by atoms with E-state index in [2.05, 4.69) is 30.4 Å². The Hall–Kier alpha value is -1.44. The summed E-state index contributed by atoms with van der Waals surface area (Å²) >= 11 is 0. The van der Waals surface area contributed by atoms with Crippen molar-refractivity contribution in [3.05, 3.63) is 28.8 Å². The third-order valence-corrected chi connectivity index (χ3v) is 7.31. The van der Waals surface area contributed by atoms with Crippen molar-refractivity contribution in [3.8, 4) is 0 Å². The molecule has 0 radical (unpaired) electrons. The highest BCUT2D eigenvalue weighted by atomic mass is 32.2. The van der Waals surface area contributed by atoms with E-state index in [1.807, 2.05) is 0 Å². The van der Waals surface area contributed by atoms with Crippen LogP contribution in [0.2, 0.25) is 0 Å². The summed E-state index contributed by atoms with van der Waals surface area (Å²) in [5, 5.41) is 9.38. The van der Waals surface area contributed by atoms with Crippen molar-refractivity contribution in [2.24, 2.45) is 0 Å². The maximum atomic E-state index is 13.1. The van der Waals surface area contributed by atoms with Gasteiger partial charge in [-0.25, -0.2) is 17.9 Å². The average molecular weight is 395 g/mol. The van der Waals surface area contributed by atoms with Crippen molar-refractivity contribution < 1.29 is 18.3 Å². The van der Waals surface area contributed by atoms with Crippen LogP contribution in [-0.4, -0.2) is 49.1 Å². The van der Waals surface area contributed by atoms with Gasteiger partial charge in [-0.1, -0.05) is 0 Å². The van der Waals surface area contributed by atoms with Crippen LogP contribution in [0.4, 0.5) is 0 Å². The van der Waals surface area contributed by atoms with Gasteiger partial charge in [0, 0.05) is 24.7 Å². The second-order valence-corrected chi connectivity index (χ2v) is 10.4. The van der Waals surface area contributed by atoms with E-state index in [4.69, 9.17) is 0 Å². The van der Waals surface area contributed by atoms with Gasteiger partial charge in [-0.05, 0) is 82.6 Å². The van der Waals surface area contributed by atoms with Crippen LogP contribution >= 0.6 is 0 Å². The highest BCUT2D eigenvalue weighted by Gasteiger charge is 2.31. The van der Waals surface area contributed by atoms with Crippen LogP contribution in [-0.2, 0) is 22.9 Å². The second kappa shape index (κ2) is 7.53. The smallest absolute Gasteiger partial charge is 0.335 e. The van der Waals surface area contributed by atoms with Crippen LogP contribution in [0, 0.1) is 0 Å². The number of benzene rings is 1. The number of carboxylic acids is 1. The molecule has 150 valence electrons. The molecule has 2 N–H and O–H groups in total. The molecule has 1 aliphatic carbocycles. The molecule has 7 heteroatoms. The highest BCUT2D eigenvalue weighted by Crippen LogP contribution is 2.30. The van der Waals surface area contributed by atoms with Gasteiger partial charge in [-0.2, -0.15) is 0 Å². The van der Waals surface area contributed by atoms with Gasteiger partial charge in [-0.15, -0.1) is 0 Å². The van der Waals surface area contributed by atoms with E-state index in [1.165, 1.54) is 6.07 Å². The van der Waals surface area contributed by atoms with Crippen LogP contribution in [0.15, 0.2) is 17.0 Å². The van der Waals surface area contributed by atoms with Crippen molar-refractivity contribution in [1.82, 2.24) is 9.62 Å². The lowest BCUT2D eigenvalue weighted by Crippen LogP contribution is -2.50. The van der Waals surface area contributed by atoms with Crippen molar-refractivity contribution >= 4 is 16.0 Å². The molecule has 0 unspecified atom stereocenters. The maximum absolute atomic E-state index is 13.1. The Morgan fingerprint density at radius 3 is 2.37 bits per heavy atom. The summed E-state index contributed by atoms with van der Waals surface area (Å²) < 4.78 is 29.1. The Morgan fingerprint density at radius 2 is 1.78 bits per heavy atom. The molecule has 2 aliphatic rings. The second-order valence-electron chi connectivity index (χ2n) is 8.68. The molecule has 3 rings (SSSR count). The summed E-state index contributed by atoms with van der Waals surface area (Å²) in [6.45, 7) is 8.21. The monoisotopic (exact) mass is 394 g/mol. The summed E-state index contributed by atoms with van der Waals surface area (Å²) in [7, 11) is -3.74. The van der Waals surface area contributed by atoms with Gasteiger partial charge in [-0.3, -0.25) is 4.90 Å². The molecule has 0 atom stereocenters. The number of hydrogen-bond acceptors (Lipinski definition) is 4. The van der Waals surface area contributed by atoms with Crippen LogP contribution in [0.25, 0.3) is 0 Å². The lowest BCUT2D eigenvalue weighted by atomic mass is 9.90. The number of sulfonamides is 1. The molecule has 1 saturated heterocycles. The number of hydrogen-bond donors (Lipinski definition) is 2. The minimum Gasteiger partial charge on any atom is -0.478 e. The van der Waals surface area contributed by atoms with Crippen molar-refractivity contribution in [2.45, 2.75) is 75.8 Å². The zero-order chi connectivity index (χ0) is 19.8. The third kappa shape index (κ3) is 4.52. The van der Waals surface area contributed by atoms with Gasteiger partial charge in [0.2, 0.25) is 10.0 Å². The number of carboxylic acid groups (broad SMARTS) is 1. The van der Waals surface area contributed by atoms with E-state index < -0.39 is 16.0 Å². The first kappa shape index (κ1) is 20.3. The Bertz CT molecular complexity index is 819. The first-order chi connectivity index (χ1) is 12.6. The molecule has 0 amide bonds. The fraction of sp³-hybridized carbons (Fsp3) is 0.650. The lowest BCUT2D eigenvalue weighted by molar-refractivity contribution is 0.0696. The minimum absolute atomic E-state index is 0.0542. The zero-order valence-corrected chi connectivity index (χ0v) is 17.2. The van der Waals surface area contributed by atoms with E-state index >= 15 is 0 Å². The number of nitrogens with zero attached hydrogens (tertiary/aromatic N) is 1. The Morgan fingerprint density at radius 1 is 1.15 bits per heavy atom. The topological polar surface area (TPSA) is 86.7 Å². The summed E-state index contributed by atoms with van der Waals surface area (Å²) in [5.74, 6) is -1.08. The number of fused-ring (bicyclic) bond motifs is 1. The van der Waals surface area contributed by atoms with Gasteiger partial charge in [0.25, 0.3) is 0 Å². The van der Waals surface area contributed by atoms with Gasteiger partial charge in [0.15, 0.2) is 0 Å². The number of rotatable bonds is 4. The van der Waals surface area contributed by atoms with Crippen molar-refractivity contribution in [1.29, 1.82) is 0 Å². The third-order valence-electron chi connectivity index (χ3n) is 5.73. The molecule has 1 heterocycles. The summed E-state index contributed by atoms with van der Waals surface area (Å²) in [5.41, 5.74) is 1.80. The SMILES string of the molecule is CC(C)(C)N1CCC(NS(=O)(=O)c2cc(C(=O)O)cc3c2CCCC3)CC1. The first-order valence-electron chi connectivity index (χ1n) is 9.74. The summed E-state index contributed by atoms with van der Waals surface area (Å²) in [6, 6.07) is 2.86. The number of aromatic carboxylic acids is 1. The quantitative estimate of drug-likeness (QED) is 0.820. The number of nitrogens with one attached hydrogen (secondary N) is 1. The number of likely N-dealkylation sites (tertiary alicyclic amines) is 1. The van der Waals surface area contributed by atoms with Crippen LogP contribution in [0.5, 0.6) is 0 Å². The molecule has 0 saturated carbocycles. The molecular weight excluding hydrogens is 364 g/mol. The zero-order valence-electron chi connectivity index (χ0n) is 16.4. The van der Waals surface area contributed by atoms with E-state index in [9.17, 15) is 18.3 Å². The highest BCUT2D eigenvalue weighted by molar-refractivity contribution is 7.89.